The van der Waals surface area contributed by atoms with E-state index in [1.54, 1.807) is 14.2 Å². The third-order valence-electron chi connectivity index (χ3n) is 5.33. The Hall–Kier alpha value is -2.89. The van der Waals surface area contributed by atoms with Crippen LogP contribution < -0.4 is 18.9 Å². The SMILES string of the molecule is COc1ccc([C@@H]2CCCN2C(=O)Cc2ccc3c(c2)OCCO3)c(OC)c1. The van der Waals surface area contributed by atoms with Crippen molar-refractivity contribution in [1.82, 2.24) is 4.90 Å². The lowest BCUT2D eigenvalue weighted by molar-refractivity contribution is -0.131. The summed E-state index contributed by atoms with van der Waals surface area (Å²) in [6, 6.07) is 11.5. The van der Waals surface area contributed by atoms with Gasteiger partial charge in [-0.15, -0.1) is 0 Å². The van der Waals surface area contributed by atoms with Crippen LogP contribution in [0.4, 0.5) is 0 Å². The van der Waals surface area contributed by atoms with Crippen molar-refractivity contribution in [3.8, 4) is 23.0 Å². The first-order chi connectivity index (χ1) is 13.7. The predicted molar refractivity (Wildman–Crippen MR) is 104 cm³/mol. The van der Waals surface area contributed by atoms with Gasteiger partial charge in [0.2, 0.25) is 5.91 Å². The Labute approximate surface area is 165 Å². The Balaban J connectivity index is 1.53. The molecule has 0 aromatic heterocycles. The lowest BCUT2D eigenvalue weighted by Gasteiger charge is -2.27. The number of hydrogen-bond donors (Lipinski definition) is 0. The molecule has 0 bridgehead atoms. The lowest BCUT2D eigenvalue weighted by atomic mass is 10.0. The van der Waals surface area contributed by atoms with Gasteiger partial charge in [-0.2, -0.15) is 0 Å². The van der Waals surface area contributed by atoms with E-state index in [1.807, 2.05) is 41.3 Å². The molecule has 0 radical (unpaired) electrons. The van der Waals surface area contributed by atoms with E-state index in [4.69, 9.17) is 18.9 Å². The van der Waals surface area contributed by atoms with Crippen LogP contribution in [0.25, 0.3) is 0 Å². The Kier molecular flexibility index (Phi) is 5.28. The van der Waals surface area contributed by atoms with Gasteiger partial charge in [0.05, 0.1) is 26.7 Å². The molecule has 0 saturated carbocycles. The molecule has 2 aromatic rings. The molecular formula is C22H25NO5. The number of carbonyl (C=O) groups is 1. The first-order valence-electron chi connectivity index (χ1n) is 9.59. The topological polar surface area (TPSA) is 57.2 Å². The Morgan fingerprint density at radius 3 is 2.68 bits per heavy atom. The zero-order valence-corrected chi connectivity index (χ0v) is 16.3. The summed E-state index contributed by atoms with van der Waals surface area (Å²) >= 11 is 0. The summed E-state index contributed by atoms with van der Waals surface area (Å²) in [5.41, 5.74) is 1.96. The van der Waals surface area contributed by atoms with E-state index >= 15 is 0 Å². The number of methoxy groups -OCH3 is 2. The fraction of sp³-hybridized carbons (Fsp3) is 0.409. The smallest absolute Gasteiger partial charge is 0.227 e. The average Bonchev–Trinajstić information content (AvgIpc) is 3.23. The molecule has 0 N–H and O–H groups in total. The molecule has 2 aliphatic heterocycles. The van der Waals surface area contributed by atoms with Gasteiger partial charge in [-0.1, -0.05) is 6.07 Å². The van der Waals surface area contributed by atoms with Gasteiger partial charge in [0.1, 0.15) is 24.7 Å². The first-order valence-corrected chi connectivity index (χ1v) is 9.59. The second kappa shape index (κ2) is 8.00. The number of carbonyl (C=O) groups excluding carboxylic acids is 1. The van der Waals surface area contributed by atoms with Crippen molar-refractivity contribution in [1.29, 1.82) is 0 Å². The summed E-state index contributed by atoms with van der Waals surface area (Å²) in [5.74, 6) is 3.06. The van der Waals surface area contributed by atoms with Gasteiger partial charge in [-0.05, 0) is 42.7 Å². The molecule has 0 spiro atoms. The lowest BCUT2D eigenvalue weighted by Crippen LogP contribution is -2.32. The van der Waals surface area contributed by atoms with Crippen LogP contribution in [0, 0.1) is 0 Å². The number of ether oxygens (including phenoxy) is 4. The Morgan fingerprint density at radius 2 is 1.89 bits per heavy atom. The summed E-state index contributed by atoms with van der Waals surface area (Å²) in [5, 5.41) is 0. The summed E-state index contributed by atoms with van der Waals surface area (Å²) in [4.78, 5) is 15.0. The van der Waals surface area contributed by atoms with Crippen LogP contribution in [0.15, 0.2) is 36.4 Å². The van der Waals surface area contributed by atoms with Crippen molar-refractivity contribution >= 4 is 5.91 Å². The van der Waals surface area contributed by atoms with E-state index in [-0.39, 0.29) is 11.9 Å². The van der Waals surface area contributed by atoms with Crippen LogP contribution in [0.3, 0.4) is 0 Å². The van der Waals surface area contributed by atoms with Gasteiger partial charge in [-0.3, -0.25) is 4.79 Å². The molecule has 28 heavy (non-hydrogen) atoms. The molecule has 1 fully saturated rings. The molecule has 1 amide bonds. The van der Waals surface area contributed by atoms with E-state index in [0.29, 0.717) is 25.4 Å². The van der Waals surface area contributed by atoms with Crippen LogP contribution in [0.1, 0.15) is 30.0 Å². The van der Waals surface area contributed by atoms with Crippen molar-refractivity contribution < 1.29 is 23.7 Å². The minimum Gasteiger partial charge on any atom is -0.497 e. The second-order valence-corrected chi connectivity index (χ2v) is 7.01. The largest absolute Gasteiger partial charge is 0.497 e. The minimum absolute atomic E-state index is 0.0190. The molecule has 4 rings (SSSR count). The Bertz CT molecular complexity index is 866. The van der Waals surface area contributed by atoms with Gasteiger partial charge in [-0.25, -0.2) is 0 Å². The molecule has 148 valence electrons. The van der Waals surface area contributed by atoms with Crippen LogP contribution in [0.5, 0.6) is 23.0 Å². The maximum absolute atomic E-state index is 13.1. The molecular weight excluding hydrogens is 358 g/mol. The maximum atomic E-state index is 13.1. The zero-order chi connectivity index (χ0) is 19.5. The molecule has 6 heteroatoms. The van der Waals surface area contributed by atoms with Gasteiger partial charge in [0.15, 0.2) is 11.5 Å². The highest BCUT2D eigenvalue weighted by atomic mass is 16.6. The fourth-order valence-electron chi connectivity index (χ4n) is 3.96. The number of likely N-dealkylation sites (tertiary alicyclic amines) is 1. The van der Waals surface area contributed by atoms with Gasteiger partial charge >= 0.3 is 0 Å². The molecule has 0 unspecified atom stereocenters. The van der Waals surface area contributed by atoms with E-state index in [9.17, 15) is 4.79 Å². The summed E-state index contributed by atoms with van der Waals surface area (Å²) < 4.78 is 22.0. The van der Waals surface area contributed by atoms with Crippen LogP contribution >= 0.6 is 0 Å². The second-order valence-electron chi connectivity index (χ2n) is 7.01. The van der Waals surface area contributed by atoms with Crippen molar-refractivity contribution in [2.24, 2.45) is 0 Å². The van der Waals surface area contributed by atoms with Crippen LogP contribution in [-0.4, -0.2) is 44.8 Å². The van der Waals surface area contributed by atoms with Crippen LogP contribution in [-0.2, 0) is 11.2 Å². The molecule has 1 atom stereocenters. The van der Waals surface area contributed by atoms with Gasteiger partial charge in [0, 0.05) is 18.2 Å². The van der Waals surface area contributed by atoms with Crippen molar-refractivity contribution in [2.75, 3.05) is 34.0 Å². The number of hydrogen-bond acceptors (Lipinski definition) is 5. The molecule has 6 nitrogen and oxygen atoms in total. The molecule has 2 heterocycles. The van der Waals surface area contributed by atoms with E-state index in [1.165, 1.54) is 0 Å². The normalized spacial score (nSPS) is 18.1. The predicted octanol–water partition coefficient (Wildman–Crippen LogP) is 3.38. The number of fused-ring (bicyclic) bond motifs is 1. The molecule has 2 aliphatic rings. The van der Waals surface area contributed by atoms with E-state index in [2.05, 4.69) is 0 Å². The van der Waals surface area contributed by atoms with Gasteiger partial charge < -0.3 is 23.8 Å². The fourth-order valence-corrected chi connectivity index (χ4v) is 3.96. The van der Waals surface area contributed by atoms with E-state index in [0.717, 1.165) is 47.8 Å². The standard InChI is InChI=1S/C22H25NO5/c1-25-16-6-7-17(20(14-16)26-2)18-4-3-9-23(18)22(24)13-15-5-8-19-21(12-15)28-11-10-27-19/h5-8,12,14,18H,3-4,9-11,13H2,1-2H3/t18-/m0/s1. The third kappa shape index (κ3) is 3.59. The maximum Gasteiger partial charge on any atom is 0.227 e. The average molecular weight is 383 g/mol. The third-order valence-corrected chi connectivity index (χ3v) is 5.33. The number of nitrogens with zero attached hydrogens (tertiary/aromatic N) is 1. The summed E-state index contributed by atoms with van der Waals surface area (Å²) in [7, 11) is 3.28. The zero-order valence-electron chi connectivity index (χ0n) is 16.3. The molecule has 0 aliphatic carbocycles. The summed E-state index contributed by atoms with van der Waals surface area (Å²) in [6.45, 7) is 1.85. The quantitative estimate of drug-likeness (QED) is 0.792. The van der Waals surface area contributed by atoms with Crippen molar-refractivity contribution in [3.63, 3.8) is 0 Å². The first kappa shape index (κ1) is 18.5. The molecule has 1 saturated heterocycles. The minimum atomic E-state index is 0.0190. The van der Waals surface area contributed by atoms with Crippen molar-refractivity contribution in [3.05, 3.63) is 47.5 Å². The number of amides is 1. The Morgan fingerprint density at radius 1 is 1.07 bits per heavy atom. The highest BCUT2D eigenvalue weighted by Crippen LogP contribution is 2.39. The van der Waals surface area contributed by atoms with Crippen LogP contribution in [0.2, 0.25) is 0 Å². The number of rotatable bonds is 5. The highest BCUT2D eigenvalue weighted by molar-refractivity contribution is 5.80. The number of benzene rings is 2. The van der Waals surface area contributed by atoms with E-state index < -0.39 is 0 Å². The molecule has 2 aromatic carbocycles. The summed E-state index contributed by atoms with van der Waals surface area (Å²) in [6.07, 6.45) is 2.24. The van der Waals surface area contributed by atoms with Gasteiger partial charge in [0.25, 0.3) is 0 Å². The highest BCUT2D eigenvalue weighted by Gasteiger charge is 2.32. The monoisotopic (exact) mass is 383 g/mol. The van der Waals surface area contributed by atoms with Crippen molar-refractivity contribution in [2.45, 2.75) is 25.3 Å².